The van der Waals surface area contributed by atoms with E-state index in [1.807, 2.05) is 60.7 Å². The molecule has 5 rings (SSSR count). The summed E-state index contributed by atoms with van der Waals surface area (Å²) in [6.07, 6.45) is 4.27. The molecule has 1 heterocycles. The van der Waals surface area contributed by atoms with Crippen LogP contribution in [-0.4, -0.2) is 23.8 Å². The van der Waals surface area contributed by atoms with Gasteiger partial charge in [0.05, 0.1) is 24.8 Å². The Bertz CT molecular complexity index is 1310. The summed E-state index contributed by atoms with van der Waals surface area (Å²) >= 11 is 0. The first-order chi connectivity index (χ1) is 16.9. The monoisotopic (exact) mass is 467 g/mol. The van der Waals surface area contributed by atoms with Gasteiger partial charge in [0, 0.05) is 22.7 Å². The average Bonchev–Trinajstić information content (AvgIpc) is 3.08. The highest BCUT2D eigenvalue weighted by Crippen LogP contribution is 2.57. The molecule has 0 radical (unpaired) electrons. The minimum atomic E-state index is -0.590. The SMILES string of the molecule is COc1ccc(CN2C(=O)C3(CCC3)c3cc(/C(=C/C(C)=N)Nc4ccccc4)cc(O)c32)cc1. The van der Waals surface area contributed by atoms with Crippen LogP contribution in [0.15, 0.2) is 72.8 Å². The van der Waals surface area contributed by atoms with Gasteiger partial charge >= 0.3 is 0 Å². The lowest BCUT2D eigenvalue weighted by Crippen LogP contribution is -2.44. The number of rotatable bonds is 7. The van der Waals surface area contributed by atoms with E-state index in [4.69, 9.17) is 10.1 Å². The van der Waals surface area contributed by atoms with Gasteiger partial charge in [-0.1, -0.05) is 36.8 Å². The van der Waals surface area contributed by atoms with E-state index in [2.05, 4.69) is 5.32 Å². The minimum absolute atomic E-state index is 0.0480. The minimum Gasteiger partial charge on any atom is -0.506 e. The molecule has 0 aromatic heterocycles. The van der Waals surface area contributed by atoms with Crippen molar-refractivity contribution < 1.29 is 14.6 Å². The summed E-state index contributed by atoms with van der Waals surface area (Å²) in [4.78, 5) is 15.4. The van der Waals surface area contributed by atoms with E-state index in [0.717, 1.165) is 47.4 Å². The summed E-state index contributed by atoms with van der Waals surface area (Å²) in [5, 5.41) is 22.7. The zero-order valence-electron chi connectivity index (χ0n) is 20.0. The summed E-state index contributed by atoms with van der Waals surface area (Å²) in [6, 6.07) is 21.1. The summed E-state index contributed by atoms with van der Waals surface area (Å²) in [7, 11) is 1.63. The smallest absolute Gasteiger partial charge is 0.238 e. The molecule has 3 aromatic rings. The molecule has 0 atom stereocenters. The van der Waals surface area contributed by atoms with Gasteiger partial charge in [0.15, 0.2) is 0 Å². The fourth-order valence-corrected chi connectivity index (χ4v) is 5.06. The number of amides is 1. The van der Waals surface area contributed by atoms with E-state index in [1.54, 1.807) is 31.1 Å². The fraction of sp³-hybridized carbons (Fsp3) is 0.241. The van der Waals surface area contributed by atoms with Gasteiger partial charge in [-0.25, -0.2) is 0 Å². The number of anilines is 2. The molecule has 2 aliphatic rings. The molecule has 1 saturated carbocycles. The number of ether oxygens (including phenoxy) is 1. The second kappa shape index (κ2) is 8.95. The first kappa shape index (κ1) is 22.7. The number of carbonyl (C=O) groups is 1. The highest BCUT2D eigenvalue weighted by Gasteiger charge is 2.55. The number of phenols is 1. The Balaban J connectivity index is 1.56. The van der Waals surface area contributed by atoms with Crippen LogP contribution in [0, 0.1) is 5.41 Å². The summed E-state index contributed by atoms with van der Waals surface area (Å²) < 4.78 is 5.25. The highest BCUT2D eigenvalue weighted by molar-refractivity contribution is 6.10. The van der Waals surface area contributed by atoms with E-state index in [9.17, 15) is 9.90 Å². The third-order valence-electron chi connectivity index (χ3n) is 6.96. The molecular weight excluding hydrogens is 438 g/mol. The molecule has 0 bridgehead atoms. The largest absolute Gasteiger partial charge is 0.506 e. The van der Waals surface area contributed by atoms with Gasteiger partial charge in [-0.2, -0.15) is 0 Å². The number of hydrogen-bond acceptors (Lipinski definition) is 5. The predicted octanol–water partition coefficient (Wildman–Crippen LogP) is 5.86. The van der Waals surface area contributed by atoms with Crippen LogP contribution in [0.3, 0.4) is 0 Å². The summed E-state index contributed by atoms with van der Waals surface area (Å²) in [5.74, 6) is 0.884. The van der Waals surface area contributed by atoms with Crippen molar-refractivity contribution >= 4 is 28.7 Å². The lowest BCUT2D eigenvalue weighted by atomic mass is 9.65. The van der Waals surface area contributed by atoms with Crippen molar-refractivity contribution in [3.8, 4) is 11.5 Å². The molecule has 1 aliphatic carbocycles. The highest BCUT2D eigenvalue weighted by atomic mass is 16.5. The molecule has 0 unspecified atom stereocenters. The molecule has 1 aliphatic heterocycles. The molecule has 1 amide bonds. The molecule has 3 N–H and O–H groups in total. The third-order valence-corrected chi connectivity index (χ3v) is 6.96. The van der Waals surface area contributed by atoms with Gasteiger partial charge < -0.3 is 25.5 Å². The van der Waals surface area contributed by atoms with Gasteiger partial charge in [-0.3, -0.25) is 4.79 Å². The van der Waals surface area contributed by atoms with Gasteiger partial charge in [-0.05, 0) is 73.4 Å². The third kappa shape index (κ3) is 4.05. The zero-order chi connectivity index (χ0) is 24.6. The number of nitrogens with one attached hydrogen (secondary N) is 2. The van der Waals surface area contributed by atoms with Crippen molar-refractivity contribution in [3.63, 3.8) is 0 Å². The van der Waals surface area contributed by atoms with Crippen LogP contribution in [0.2, 0.25) is 0 Å². The molecule has 6 nitrogen and oxygen atoms in total. The molecule has 1 spiro atoms. The van der Waals surface area contributed by atoms with Crippen molar-refractivity contribution in [1.82, 2.24) is 0 Å². The van der Waals surface area contributed by atoms with Crippen molar-refractivity contribution in [2.24, 2.45) is 0 Å². The van der Waals surface area contributed by atoms with E-state index in [-0.39, 0.29) is 11.7 Å². The maximum atomic E-state index is 13.7. The number of para-hydroxylation sites is 1. The summed E-state index contributed by atoms with van der Waals surface area (Å²) in [6.45, 7) is 2.10. The Morgan fingerprint density at radius 2 is 1.86 bits per heavy atom. The number of methoxy groups -OCH3 is 1. The van der Waals surface area contributed by atoms with Crippen LogP contribution in [0.4, 0.5) is 11.4 Å². The molecule has 6 heteroatoms. The van der Waals surface area contributed by atoms with Crippen molar-refractivity contribution in [2.45, 2.75) is 38.1 Å². The molecular formula is C29H29N3O3. The van der Waals surface area contributed by atoms with Crippen LogP contribution in [-0.2, 0) is 16.8 Å². The van der Waals surface area contributed by atoms with E-state index in [1.165, 1.54) is 0 Å². The Kier molecular flexibility index (Phi) is 5.81. The van der Waals surface area contributed by atoms with Crippen LogP contribution >= 0.6 is 0 Å². The first-order valence-electron chi connectivity index (χ1n) is 11.8. The van der Waals surface area contributed by atoms with Gasteiger partial charge in [0.1, 0.15) is 11.5 Å². The van der Waals surface area contributed by atoms with Crippen LogP contribution in [0.5, 0.6) is 11.5 Å². The van der Waals surface area contributed by atoms with E-state index < -0.39 is 5.41 Å². The Morgan fingerprint density at radius 3 is 2.46 bits per heavy atom. The predicted molar refractivity (Wildman–Crippen MR) is 139 cm³/mol. The topological polar surface area (TPSA) is 85.7 Å². The molecule has 3 aromatic carbocycles. The number of allylic oxidation sites excluding steroid dienone is 1. The van der Waals surface area contributed by atoms with Crippen LogP contribution in [0.25, 0.3) is 5.70 Å². The van der Waals surface area contributed by atoms with Crippen molar-refractivity contribution in [3.05, 3.63) is 89.5 Å². The number of hydrogen-bond donors (Lipinski definition) is 3. The Hall–Kier alpha value is -4.06. The zero-order valence-corrected chi connectivity index (χ0v) is 20.0. The number of nitrogens with zero attached hydrogens (tertiary/aromatic N) is 1. The second-order valence-electron chi connectivity index (χ2n) is 9.30. The normalized spacial score (nSPS) is 16.1. The number of fused-ring (bicyclic) bond motifs is 2. The Labute approximate surface area is 205 Å². The van der Waals surface area contributed by atoms with E-state index >= 15 is 0 Å². The number of benzene rings is 3. The van der Waals surface area contributed by atoms with E-state index in [0.29, 0.717) is 23.6 Å². The van der Waals surface area contributed by atoms with Gasteiger partial charge in [0.2, 0.25) is 5.91 Å². The number of aromatic hydroxyl groups is 1. The number of phenolic OH excluding ortho intramolecular Hbond substituents is 1. The van der Waals surface area contributed by atoms with Gasteiger partial charge in [0.25, 0.3) is 0 Å². The Morgan fingerprint density at radius 1 is 1.14 bits per heavy atom. The molecule has 35 heavy (non-hydrogen) atoms. The lowest BCUT2D eigenvalue weighted by Gasteiger charge is -2.37. The first-order valence-corrected chi connectivity index (χ1v) is 11.8. The molecule has 1 fully saturated rings. The van der Waals surface area contributed by atoms with Crippen LogP contribution in [0.1, 0.15) is 42.9 Å². The lowest BCUT2D eigenvalue weighted by molar-refractivity contribution is -0.126. The van der Waals surface area contributed by atoms with Crippen molar-refractivity contribution in [1.29, 1.82) is 5.41 Å². The van der Waals surface area contributed by atoms with Gasteiger partial charge in [-0.15, -0.1) is 0 Å². The maximum Gasteiger partial charge on any atom is 0.238 e. The number of carbonyl (C=O) groups excluding carboxylic acids is 1. The molecule has 0 saturated heterocycles. The summed E-state index contributed by atoms with van der Waals surface area (Å²) in [5.41, 5.74) is 4.58. The maximum absolute atomic E-state index is 13.7. The molecule has 178 valence electrons. The van der Waals surface area contributed by atoms with Crippen LogP contribution < -0.4 is 15.0 Å². The van der Waals surface area contributed by atoms with Crippen molar-refractivity contribution in [2.75, 3.05) is 17.3 Å². The standard InChI is InChI=1S/C29H29N3O3/c1-19(30)15-25(31-22-7-4-3-5-8-22)21-16-24-27(26(33)17-21)32(28(34)29(24)13-6-14-29)18-20-9-11-23(35-2)12-10-20/h3-5,7-12,15-17,30-31,33H,6,13-14,18H2,1-2H3/b25-15-,30-19?. The average molecular weight is 468 g/mol. The quantitative estimate of drug-likeness (QED) is 0.380. The second-order valence-corrected chi connectivity index (χ2v) is 9.30. The fourth-order valence-electron chi connectivity index (χ4n) is 5.06.